The van der Waals surface area contributed by atoms with Gasteiger partial charge in [-0.3, -0.25) is 14.4 Å². The summed E-state index contributed by atoms with van der Waals surface area (Å²) in [4.78, 5) is 42.3. The summed E-state index contributed by atoms with van der Waals surface area (Å²) in [6, 6.07) is 14.5. The highest BCUT2D eigenvalue weighted by Crippen LogP contribution is 2.24. The minimum atomic E-state index is -0.752. The monoisotopic (exact) mass is 658 g/mol. The van der Waals surface area contributed by atoms with E-state index in [0.717, 1.165) is 11.1 Å². The van der Waals surface area contributed by atoms with E-state index in [-0.39, 0.29) is 56.7 Å². The highest BCUT2D eigenvalue weighted by atomic mass is 16.6. The largest absolute Gasteiger partial charge is 0.490 e. The number of rotatable bonds is 22. The molecule has 0 fully saturated rings. The fourth-order valence-electron chi connectivity index (χ4n) is 4.16. The summed E-state index contributed by atoms with van der Waals surface area (Å²) in [6.45, 7) is 3.90. The van der Waals surface area contributed by atoms with Crippen LogP contribution in [0.2, 0.25) is 0 Å². The van der Waals surface area contributed by atoms with Crippen LogP contribution in [0, 0.1) is 0 Å². The third kappa shape index (κ3) is 16.6. The number of benzene rings is 2. The van der Waals surface area contributed by atoms with Crippen LogP contribution in [0.1, 0.15) is 49.8 Å². The average molecular weight is 659 g/mol. The Bertz CT molecular complexity index is 1210. The number of nitrogens with two attached hydrogens (primary N) is 1. The molecule has 0 amide bonds. The molecule has 0 saturated heterocycles. The molecule has 0 spiro atoms. The lowest BCUT2D eigenvalue weighted by Crippen LogP contribution is -2.32. The van der Waals surface area contributed by atoms with Crippen LogP contribution in [0.25, 0.3) is 0 Å². The van der Waals surface area contributed by atoms with Crippen molar-refractivity contribution in [2.24, 2.45) is 5.73 Å². The SMILES string of the molecule is CCC(COc1ccc(C(N)c2ccc(OCC(COC(=O)CCN(C)C)OC(=O)CCN(C)C)cc2)cc1)OC(=O)CCN(C)C. The highest BCUT2D eigenvalue weighted by Gasteiger charge is 2.19. The van der Waals surface area contributed by atoms with Gasteiger partial charge in [0, 0.05) is 19.6 Å². The Labute approximate surface area is 280 Å². The molecular formula is C35H54N4O8. The molecule has 0 aliphatic rings. The zero-order valence-electron chi connectivity index (χ0n) is 29.1. The second-order valence-corrected chi connectivity index (χ2v) is 12.2. The molecule has 0 radical (unpaired) electrons. The van der Waals surface area contributed by atoms with Gasteiger partial charge < -0.3 is 44.1 Å². The van der Waals surface area contributed by atoms with E-state index in [1.807, 2.05) is 100 Å². The fraction of sp³-hybridized carbons (Fsp3) is 0.571. The van der Waals surface area contributed by atoms with Crippen LogP contribution < -0.4 is 15.2 Å². The van der Waals surface area contributed by atoms with Gasteiger partial charge in [-0.15, -0.1) is 0 Å². The number of nitrogens with zero attached hydrogens (tertiary/aromatic N) is 3. The van der Waals surface area contributed by atoms with Crippen LogP contribution >= 0.6 is 0 Å². The molecule has 262 valence electrons. The molecule has 2 aromatic rings. The summed E-state index contributed by atoms with van der Waals surface area (Å²) < 4.78 is 28.3. The molecule has 2 rings (SSSR count). The zero-order chi connectivity index (χ0) is 34.8. The van der Waals surface area contributed by atoms with E-state index in [1.54, 1.807) is 12.1 Å². The van der Waals surface area contributed by atoms with E-state index in [2.05, 4.69) is 0 Å². The van der Waals surface area contributed by atoms with E-state index in [0.29, 0.717) is 44.0 Å². The number of hydrogen-bond acceptors (Lipinski definition) is 12. The maximum atomic E-state index is 12.4. The molecule has 3 atom stereocenters. The molecule has 2 N–H and O–H groups in total. The number of carbonyl (C=O) groups is 3. The lowest BCUT2D eigenvalue weighted by atomic mass is 9.99. The molecule has 0 aromatic heterocycles. The number of hydrogen-bond donors (Lipinski definition) is 1. The van der Waals surface area contributed by atoms with Gasteiger partial charge in [0.15, 0.2) is 6.10 Å². The number of carbonyl (C=O) groups excluding carboxylic acids is 3. The third-order valence-corrected chi connectivity index (χ3v) is 7.12. The topological polar surface area (TPSA) is 133 Å². The van der Waals surface area contributed by atoms with E-state index in [1.165, 1.54) is 0 Å². The average Bonchev–Trinajstić information content (AvgIpc) is 3.05. The van der Waals surface area contributed by atoms with Gasteiger partial charge in [0.25, 0.3) is 0 Å². The minimum absolute atomic E-state index is 0.0235. The lowest BCUT2D eigenvalue weighted by molar-refractivity contribution is -0.161. The van der Waals surface area contributed by atoms with Gasteiger partial charge in [0.2, 0.25) is 0 Å². The van der Waals surface area contributed by atoms with Gasteiger partial charge in [-0.2, -0.15) is 0 Å². The van der Waals surface area contributed by atoms with Crippen molar-refractivity contribution in [3.8, 4) is 11.5 Å². The molecular weight excluding hydrogens is 604 g/mol. The Morgan fingerprint density at radius 1 is 0.596 bits per heavy atom. The van der Waals surface area contributed by atoms with Gasteiger partial charge in [0.1, 0.15) is 37.4 Å². The van der Waals surface area contributed by atoms with Crippen molar-refractivity contribution in [1.29, 1.82) is 0 Å². The van der Waals surface area contributed by atoms with Gasteiger partial charge in [0.05, 0.1) is 25.3 Å². The van der Waals surface area contributed by atoms with Crippen LogP contribution in [0.15, 0.2) is 48.5 Å². The van der Waals surface area contributed by atoms with Crippen LogP contribution in [0.3, 0.4) is 0 Å². The maximum Gasteiger partial charge on any atom is 0.307 e. The van der Waals surface area contributed by atoms with E-state index < -0.39 is 12.1 Å². The van der Waals surface area contributed by atoms with E-state index in [9.17, 15) is 14.4 Å². The van der Waals surface area contributed by atoms with Crippen LogP contribution in [-0.4, -0.2) is 127 Å². The van der Waals surface area contributed by atoms with Crippen molar-refractivity contribution in [3.63, 3.8) is 0 Å². The predicted molar refractivity (Wildman–Crippen MR) is 180 cm³/mol. The molecule has 0 aliphatic carbocycles. The van der Waals surface area contributed by atoms with Gasteiger partial charge in [-0.05, 0) is 84.1 Å². The molecule has 0 bridgehead atoms. The molecule has 3 unspecified atom stereocenters. The third-order valence-electron chi connectivity index (χ3n) is 7.12. The summed E-state index contributed by atoms with van der Waals surface area (Å²) in [5, 5.41) is 0. The molecule has 0 saturated carbocycles. The van der Waals surface area contributed by atoms with Crippen molar-refractivity contribution >= 4 is 17.9 Å². The molecule has 12 heteroatoms. The molecule has 0 heterocycles. The first-order valence-electron chi connectivity index (χ1n) is 16.1. The normalized spacial score (nSPS) is 13.3. The first-order valence-corrected chi connectivity index (χ1v) is 16.1. The van der Waals surface area contributed by atoms with Crippen molar-refractivity contribution in [2.75, 3.05) is 81.7 Å². The first-order chi connectivity index (χ1) is 22.4. The molecule has 0 aliphatic heterocycles. The van der Waals surface area contributed by atoms with Gasteiger partial charge in [-0.25, -0.2) is 0 Å². The Morgan fingerprint density at radius 3 is 1.38 bits per heavy atom. The Hall–Kier alpha value is -3.71. The summed E-state index contributed by atoms with van der Waals surface area (Å²) in [5.41, 5.74) is 8.32. The molecule has 12 nitrogen and oxygen atoms in total. The second-order valence-electron chi connectivity index (χ2n) is 12.2. The van der Waals surface area contributed by atoms with Crippen LogP contribution in [-0.2, 0) is 28.6 Å². The maximum absolute atomic E-state index is 12.4. The smallest absolute Gasteiger partial charge is 0.307 e. The standard InChI is InChI=1S/C35H54N4O8/c1-8-28(46-33(41)18-21-38(4)5)23-43-29-13-9-26(10-14-29)35(36)27-11-15-30(16-12-27)44-24-31(47-34(42)19-22-39(6)7)25-45-32(40)17-20-37(2)3/h9-16,28,31,35H,8,17-25,36H2,1-7H3. The Kier molecular flexibility index (Phi) is 17.8. The summed E-state index contributed by atoms with van der Waals surface area (Å²) in [6.07, 6.45) is 0.373. The van der Waals surface area contributed by atoms with Gasteiger partial charge >= 0.3 is 17.9 Å². The lowest BCUT2D eigenvalue weighted by Gasteiger charge is -2.20. The van der Waals surface area contributed by atoms with Crippen molar-refractivity contribution in [1.82, 2.24) is 14.7 Å². The number of ether oxygens (including phenoxy) is 5. The fourth-order valence-corrected chi connectivity index (χ4v) is 4.16. The molecule has 2 aromatic carbocycles. The Balaban J connectivity index is 1.92. The first kappa shape index (κ1) is 39.5. The number of esters is 3. The minimum Gasteiger partial charge on any atom is -0.490 e. The predicted octanol–water partition coefficient (Wildman–Crippen LogP) is 3.12. The van der Waals surface area contributed by atoms with Gasteiger partial charge in [-0.1, -0.05) is 31.2 Å². The van der Waals surface area contributed by atoms with Crippen molar-refractivity contribution < 1.29 is 38.1 Å². The van der Waals surface area contributed by atoms with E-state index >= 15 is 0 Å². The quantitative estimate of drug-likeness (QED) is 0.147. The van der Waals surface area contributed by atoms with Crippen molar-refractivity contribution in [2.45, 2.75) is 50.9 Å². The summed E-state index contributed by atoms with van der Waals surface area (Å²) in [7, 11) is 11.3. The highest BCUT2D eigenvalue weighted by molar-refractivity contribution is 5.71. The van der Waals surface area contributed by atoms with E-state index in [4.69, 9.17) is 29.4 Å². The summed E-state index contributed by atoms with van der Waals surface area (Å²) >= 11 is 0. The summed E-state index contributed by atoms with van der Waals surface area (Å²) in [5.74, 6) is 0.229. The Morgan fingerprint density at radius 2 is 0.979 bits per heavy atom. The molecule has 47 heavy (non-hydrogen) atoms. The second kappa shape index (κ2) is 21.2. The van der Waals surface area contributed by atoms with Crippen molar-refractivity contribution in [3.05, 3.63) is 59.7 Å². The van der Waals surface area contributed by atoms with Crippen LogP contribution in [0.4, 0.5) is 0 Å². The van der Waals surface area contributed by atoms with Crippen LogP contribution in [0.5, 0.6) is 11.5 Å². The zero-order valence-corrected chi connectivity index (χ0v) is 29.1.